The van der Waals surface area contributed by atoms with Gasteiger partial charge in [0.15, 0.2) is 5.60 Å². The number of likely N-dealkylation sites (N-methyl/N-ethyl adjacent to an activating group) is 1. The number of fused-ring (bicyclic) bond motifs is 1. The van der Waals surface area contributed by atoms with E-state index in [1.54, 1.807) is 25.8 Å². The van der Waals surface area contributed by atoms with Gasteiger partial charge in [0, 0.05) is 7.05 Å². The Balaban J connectivity index is 1.89. The van der Waals surface area contributed by atoms with Gasteiger partial charge in [0.05, 0.1) is 11.8 Å². The van der Waals surface area contributed by atoms with Gasteiger partial charge in [0.25, 0.3) is 5.91 Å². The molecule has 0 aliphatic carbocycles. The van der Waals surface area contributed by atoms with E-state index in [-0.39, 0.29) is 11.8 Å². The molecule has 1 amide bonds. The number of anilines is 1. The zero-order valence-electron chi connectivity index (χ0n) is 13.4. The van der Waals surface area contributed by atoms with E-state index in [0.717, 1.165) is 37.2 Å². The number of rotatable bonds is 2. The van der Waals surface area contributed by atoms with E-state index in [1.807, 2.05) is 18.2 Å². The second-order valence-corrected chi connectivity index (χ2v) is 6.74. The van der Waals surface area contributed by atoms with Crippen molar-refractivity contribution in [3.8, 4) is 5.75 Å². The maximum Gasteiger partial charge on any atom is 0.270 e. The second kappa shape index (κ2) is 5.56. The average Bonchev–Trinajstić information content (AvgIpc) is 2.52. The van der Waals surface area contributed by atoms with Gasteiger partial charge in [0.2, 0.25) is 0 Å². The number of hydrogen-bond acceptors (Lipinski definition) is 4. The molecule has 1 atom stereocenters. The van der Waals surface area contributed by atoms with Gasteiger partial charge in [-0.2, -0.15) is 0 Å². The standard InChI is InChI=1S/C17H24N2O3/c1-17(2)16(21)19(3)13-10-12(4-5-14(13)22-17)15(20)11-6-8-18-9-7-11/h4-5,10-11,15,18,20H,6-9H2,1-3H3. The third kappa shape index (κ3) is 2.59. The van der Waals surface area contributed by atoms with E-state index in [9.17, 15) is 9.90 Å². The van der Waals surface area contributed by atoms with Crippen molar-refractivity contribution in [3.05, 3.63) is 23.8 Å². The van der Waals surface area contributed by atoms with Crippen molar-refractivity contribution in [2.45, 2.75) is 38.4 Å². The normalized spacial score (nSPS) is 22.9. The van der Waals surface area contributed by atoms with E-state index < -0.39 is 11.7 Å². The van der Waals surface area contributed by atoms with Crippen LogP contribution in [-0.4, -0.2) is 36.8 Å². The van der Waals surface area contributed by atoms with Crippen LogP contribution in [0, 0.1) is 5.92 Å². The maximum absolute atomic E-state index is 12.3. The van der Waals surface area contributed by atoms with Crippen LogP contribution in [0.3, 0.4) is 0 Å². The van der Waals surface area contributed by atoms with Gasteiger partial charge in [-0.1, -0.05) is 6.07 Å². The van der Waals surface area contributed by atoms with E-state index >= 15 is 0 Å². The smallest absolute Gasteiger partial charge is 0.270 e. The molecular weight excluding hydrogens is 280 g/mol. The molecule has 1 fully saturated rings. The van der Waals surface area contributed by atoms with Gasteiger partial charge in [-0.15, -0.1) is 0 Å². The van der Waals surface area contributed by atoms with Gasteiger partial charge in [-0.3, -0.25) is 4.79 Å². The van der Waals surface area contributed by atoms with Crippen molar-refractivity contribution in [1.82, 2.24) is 5.32 Å². The molecule has 2 N–H and O–H groups in total. The topological polar surface area (TPSA) is 61.8 Å². The number of nitrogens with zero attached hydrogens (tertiary/aromatic N) is 1. The minimum absolute atomic E-state index is 0.0755. The molecular formula is C17H24N2O3. The summed E-state index contributed by atoms with van der Waals surface area (Å²) in [5, 5.41) is 13.9. The number of aliphatic hydroxyl groups is 1. The summed E-state index contributed by atoms with van der Waals surface area (Å²) in [4.78, 5) is 13.9. The largest absolute Gasteiger partial charge is 0.476 e. The van der Waals surface area contributed by atoms with Crippen LogP contribution >= 0.6 is 0 Å². The Kier molecular flexibility index (Phi) is 3.87. The van der Waals surface area contributed by atoms with Crippen molar-refractivity contribution in [3.63, 3.8) is 0 Å². The Hall–Kier alpha value is -1.59. The second-order valence-electron chi connectivity index (χ2n) is 6.74. The van der Waals surface area contributed by atoms with Gasteiger partial charge in [-0.25, -0.2) is 0 Å². The Morgan fingerprint density at radius 1 is 1.36 bits per heavy atom. The molecule has 120 valence electrons. The molecule has 0 saturated carbocycles. The molecule has 0 bridgehead atoms. The van der Waals surface area contributed by atoms with E-state index in [2.05, 4.69) is 5.32 Å². The lowest BCUT2D eigenvalue weighted by atomic mass is 9.87. The summed E-state index contributed by atoms with van der Waals surface area (Å²) in [7, 11) is 1.76. The molecule has 0 radical (unpaired) electrons. The predicted octanol–water partition coefficient (Wildman–Crippen LogP) is 1.85. The number of ether oxygens (including phenoxy) is 1. The summed E-state index contributed by atoms with van der Waals surface area (Å²) < 4.78 is 5.80. The van der Waals surface area contributed by atoms with Crippen molar-refractivity contribution in [1.29, 1.82) is 0 Å². The average molecular weight is 304 g/mol. The fraction of sp³-hybridized carbons (Fsp3) is 0.588. The Morgan fingerprint density at radius 3 is 2.73 bits per heavy atom. The van der Waals surface area contributed by atoms with Crippen LogP contribution in [0.25, 0.3) is 0 Å². The zero-order chi connectivity index (χ0) is 15.9. The summed E-state index contributed by atoms with van der Waals surface area (Å²) in [6, 6.07) is 5.65. The first-order chi connectivity index (χ1) is 10.4. The van der Waals surface area contributed by atoms with Crippen LogP contribution in [0.15, 0.2) is 18.2 Å². The van der Waals surface area contributed by atoms with Gasteiger partial charge in [0.1, 0.15) is 5.75 Å². The van der Waals surface area contributed by atoms with Crippen LogP contribution in [0.1, 0.15) is 38.4 Å². The summed E-state index contributed by atoms with van der Waals surface area (Å²) in [5.41, 5.74) is 0.736. The Bertz CT molecular complexity index is 579. The fourth-order valence-corrected chi connectivity index (χ4v) is 3.33. The molecule has 2 aliphatic heterocycles. The third-order valence-corrected chi connectivity index (χ3v) is 4.70. The highest BCUT2D eigenvalue weighted by molar-refractivity contribution is 6.01. The van der Waals surface area contributed by atoms with Crippen LogP contribution in [0.4, 0.5) is 5.69 Å². The number of aliphatic hydroxyl groups excluding tert-OH is 1. The van der Waals surface area contributed by atoms with Crippen molar-refractivity contribution in [2.24, 2.45) is 5.92 Å². The van der Waals surface area contributed by atoms with E-state index in [0.29, 0.717) is 5.75 Å². The number of benzene rings is 1. The predicted molar refractivity (Wildman–Crippen MR) is 85.1 cm³/mol. The van der Waals surface area contributed by atoms with E-state index in [4.69, 9.17) is 4.74 Å². The monoisotopic (exact) mass is 304 g/mol. The molecule has 2 aliphatic rings. The summed E-state index contributed by atoms with van der Waals surface area (Å²) in [5.74, 6) is 0.878. The molecule has 22 heavy (non-hydrogen) atoms. The lowest BCUT2D eigenvalue weighted by molar-refractivity contribution is -0.132. The number of carbonyl (C=O) groups excluding carboxylic acids is 1. The first-order valence-corrected chi connectivity index (χ1v) is 7.90. The number of amides is 1. The Morgan fingerprint density at radius 2 is 2.05 bits per heavy atom. The first kappa shape index (κ1) is 15.3. The first-order valence-electron chi connectivity index (χ1n) is 7.90. The third-order valence-electron chi connectivity index (χ3n) is 4.70. The molecule has 1 aromatic rings. The molecule has 5 nitrogen and oxygen atoms in total. The molecule has 1 unspecified atom stereocenters. The van der Waals surface area contributed by atoms with Crippen LogP contribution in [-0.2, 0) is 4.79 Å². The molecule has 1 saturated heterocycles. The highest BCUT2D eigenvalue weighted by Gasteiger charge is 2.39. The molecule has 3 rings (SSSR count). The summed E-state index contributed by atoms with van der Waals surface area (Å²) in [6.45, 7) is 5.43. The number of hydrogen-bond donors (Lipinski definition) is 2. The van der Waals surface area contributed by atoms with E-state index in [1.165, 1.54) is 0 Å². The SMILES string of the molecule is CN1C(=O)C(C)(C)Oc2ccc(C(O)C3CCNCC3)cc21. The van der Waals surface area contributed by atoms with Crippen molar-refractivity contribution >= 4 is 11.6 Å². The van der Waals surface area contributed by atoms with Crippen molar-refractivity contribution < 1.29 is 14.6 Å². The molecule has 2 heterocycles. The molecule has 0 spiro atoms. The highest BCUT2D eigenvalue weighted by atomic mass is 16.5. The Labute approximate surface area is 131 Å². The van der Waals surface area contributed by atoms with Crippen molar-refractivity contribution in [2.75, 3.05) is 25.0 Å². The molecule has 5 heteroatoms. The lowest BCUT2D eigenvalue weighted by Crippen LogP contribution is -2.50. The number of piperidine rings is 1. The zero-order valence-corrected chi connectivity index (χ0v) is 13.4. The van der Waals surface area contributed by atoms with Gasteiger partial charge >= 0.3 is 0 Å². The fourth-order valence-electron chi connectivity index (χ4n) is 3.33. The maximum atomic E-state index is 12.3. The number of carbonyl (C=O) groups is 1. The van der Waals surface area contributed by atoms with Crippen LogP contribution in [0.2, 0.25) is 0 Å². The quantitative estimate of drug-likeness (QED) is 0.875. The minimum Gasteiger partial charge on any atom is -0.476 e. The van der Waals surface area contributed by atoms with Crippen LogP contribution in [0.5, 0.6) is 5.75 Å². The van der Waals surface area contributed by atoms with Gasteiger partial charge < -0.3 is 20.1 Å². The number of nitrogens with one attached hydrogen (secondary N) is 1. The summed E-state index contributed by atoms with van der Waals surface area (Å²) in [6.07, 6.45) is 1.44. The summed E-state index contributed by atoms with van der Waals surface area (Å²) >= 11 is 0. The van der Waals surface area contributed by atoms with Gasteiger partial charge in [-0.05, 0) is 63.4 Å². The lowest BCUT2D eigenvalue weighted by Gasteiger charge is -2.37. The molecule has 1 aromatic carbocycles. The van der Waals surface area contributed by atoms with Crippen LogP contribution < -0.4 is 15.0 Å². The minimum atomic E-state index is -0.850. The highest BCUT2D eigenvalue weighted by Crippen LogP contribution is 2.40. The molecule has 0 aromatic heterocycles.